The maximum absolute atomic E-state index is 10.8. The van der Waals surface area contributed by atoms with Gasteiger partial charge in [0.05, 0.1) is 5.52 Å². The van der Waals surface area contributed by atoms with Crippen LogP contribution in [0.15, 0.2) is 30.3 Å². The topological polar surface area (TPSA) is 67.5 Å². The molecule has 0 aliphatic rings. The number of rotatable bonds is 2. The Morgan fingerprint density at radius 1 is 1.28 bits per heavy atom. The van der Waals surface area contributed by atoms with Gasteiger partial charge in [-0.2, -0.15) is 0 Å². The summed E-state index contributed by atoms with van der Waals surface area (Å²) in [6, 6.07) is 9.83. The molecule has 5 heteroatoms. The lowest BCUT2D eigenvalue weighted by molar-refractivity contribution is -0.136. The average Bonchev–Trinajstić information content (AvgIpc) is 2.71. The van der Waals surface area contributed by atoms with Crippen LogP contribution in [0.2, 0.25) is 0 Å². The lowest BCUT2D eigenvalue weighted by Crippen LogP contribution is -2.05. The first-order valence-electron chi connectivity index (χ1n) is 5.60. The van der Waals surface area contributed by atoms with Crippen molar-refractivity contribution >= 4 is 22.5 Å². The number of nitrogens with zero attached hydrogens (tertiary/aromatic N) is 3. The number of hydrogen-bond acceptors (Lipinski definition) is 3. The standard InChI is InChI=1S/C13H11N3O2/c1-8-2-4-10-9(6-8)3-5-11-14-15-12(16(10)11)7-13(17)18/h2-6H,7H2,1H3,(H,17,18). The van der Waals surface area contributed by atoms with Crippen molar-refractivity contribution < 1.29 is 9.90 Å². The molecular formula is C13H11N3O2. The van der Waals surface area contributed by atoms with Crippen LogP contribution in [0.5, 0.6) is 0 Å². The lowest BCUT2D eigenvalue weighted by atomic mass is 10.1. The third-order valence-electron chi connectivity index (χ3n) is 2.90. The third kappa shape index (κ3) is 1.60. The molecule has 1 N–H and O–H groups in total. The number of pyridine rings is 1. The number of aryl methyl sites for hydroxylation is 1. The summed E-state index contributed by atoms with van der Waals surface area (Å²) in [4.78, 5) is 10.8. The van der Waals surface area contributed by atoms with Crippen LogP contribution in [0.1, 0.15) is 11.4 Å². The Balaban J connectivity index is 2.36. The van der Waals surface area contributed by atoms with Crippen LogP contribution in [-0.4, -0.2) is 25.7 Å². The highest BCUT2D eigenvalue weighted by molar-refractivity contribution is 5.83. The Bertz CT molecular complexity index is 761. The lowest BCUT2D eigenvalue weighted by Gasteiger charge is -2.04. The first-order chi connectivity index (χ1) is 8.65. The molecule has 5 nitrogen and oxygen atoms in total. The van der Waals surface area contributed by atoms with E-state index >= 15 is 0 Å². The van der Waals surface area contributed by atoms with Gasteiger partial charge in [0, 0.05) is 0 Å². The predicted molar refractivity (Wildman–Crippen MR) is 66.6 cm³/mol. The summed E-state index contributed by atoms with van der Waals surface area (Å²) >= 11 is 0. The van der Waals surface area contributed by atoms with Crippen LogP contribution in [0.25, 0.3) is 16.6 Å². The fourth-order valence-corrected chi connectivity index (χ4v) is 2.13. The molecule has 3 rings (SSSR count). The minimum Gasteiger partial charge on any atom is -0.481 e. The summed E-state index contributed by atoms with van der Waals surface area (Å²) in [5.74, 6) is -0.458. The van der Waals surface area contributed by atoms with Gasteiger partial charge in [0.2, 0.25) is 0 Å². The highest BCUT2D eigenvalue weighted by Crippen LogP contribution is 2.19. The van der Waals surface area contributed by atoms with E-state index in [9.17, 15) is 4.79 Å². The largest absolute Gasteiger partial charge is 0.481 e. The fourth-order valence-electron chi connectivity index (χ4n) is 2.13. The molecule has 1 aromatic carbocycles. The summed E-state index contributed by atoms with van der Waals surface area (Å²) in [6.45, 7) is 2.02. The number of carbonyl (C=O) groups is 1. The molecule has 0 bridgehead atoms. The van der Waals surface area contributed by atoms with E-state index in [1.165, 1.54) is 0 Å². The Kier molecular flexibility index (Phi) is 2.26. The first kappa shape index (κ1) is 10.7. The van der Waals surface area contributed by atoms with Crippen LogP contribution in [0.4, 0.5) is 0 Å². The molecule has 0 spiro atoms. The minimum absolute atomic E-state index is 0.131. The van der Waals surface area contributed by atoms with Gasteiger partial charge in [-0.05, 0) is 36.6 Å². The van der Waals surface area contributed by atoms with Crippen molar-refractivity contribution in [3.05, 3.63) is 41.7 Å². The van der Waals surface area contributed by atoms with E-state index in [1.807, 2.05) is 31.2 Å². The van der Waals surface area contributed by atoms with Crippen molar-refractivity contribution in [2.24, 2.45) is 0 Å². The highest BCUT2D eigenvalue weighted by atomic mass is 16.4. The SMILES string of the molecule is Cc1ccc2c(ccc3nnc(CC(=O)O)n32)c1. The fraction of sp³-hybridized carbons (Fsp3) is 0.154. The third-order valence-corrected chi connectivity index (χ3v) is 2.90. The zero-order valence-corrected chi connectivity index (χ0v) is 9.79. The normalized spacial score (nSPS) is 11.2. The summed E-state index contributed by atoms with van der Waals surface area (Å²) in [5, 5.41) is 17.9. The maximum Gasteiger partial charge on any atom is 0.311 e. The Hall–Kier alpha value is -2.43. The van der Waals surface area contributed by atoms with Crippen molar-refractivity contribution in [3.8, 4) is 0 Å². The van der Waals surface area contributed by atoms with Gasteiger partial charge in [0.25, 0.3) is 0 Å². The van der Waals surface area contributed by atoms with Crippen LogP contribution >= 0.6 is 0 Å². The quantitative estimate of drug-likeness (QED) is 0.743. The van der Waals surface area contributed by atoms with Gasteiger partial charge in [-0.15, -0.1) is 10.2 Å². The molecule has 0 fully saturated rings. The summed E-state index contributed by atoms with van der Waals surface area (Å²) in [7, 11) is 0. The molecule has 0 aliphatic heterocycles. The zero-order chi connectivity index (χ0) is 12.7. The molecule has 0 aliphatic carbocycles. The molecule has 0 amide bonds. The molecule has 0 atom stereocenters. The molecule has 0 radical (unpaired) electrons. The number of carboxylic acid groups (broad SMARTS) is 1. The Labute approximate surface area is 103 Å². The van der Waals surface area contributed by atoms with Gasteiger partial charge in [0.15, 0.2) is 5.65 Å². The van der Waals surface area contributed by atoms with Crippen LogP contribution in [0.3, 0.4) is 0 Å². The second-order valence-corrected chi connectivity index (χ2v) is 4.28. The van der Waals surface area contributed by atoms with E-state index in [1.54, 1.807) is 4.40 Å². The number of carboxylic acids is 1. The minimum atomic E-state index is -0.909. The molecule has 2 heterocycles. The second kappa shape index (κ2) is 3.80. The van der Waals surface area contributed by atoms with Crippen molar-refractivity contribution in [1.29, 1.82) is 0 Å². The molecule has 18 heavy (non-hydrogen) atoms. The van der Waals surface area contributed by atoms with Gasteiger partial charge in [0.1, 0.15) is 12.2 Å². The maximum atomic E-state index is 10.8. The summed E-state index contributed by atoms with van der Waals surface area (Å²) < 4.78 is 1.79. The number of aromatic nitrogens is 3. The van der Waals surface area contributed by atoms with Gasteiger partial charge in [-0.25, -0.2) is 0 Å². The van der Waals surface area contributed by atoms with E-state index in [4.69, 9.17) is 5.11 Å². The van der Waals surface area contributed by atoms with Crippen molar-refractivity contribution in [2.75, 3.05) is 0 Å². The van der Waals surface area contributed by atoms with Crippen LogP contribution in [0, 0.1) is 6.92 Å². The summed E-state index contributed by atoms with van der Waals surface area (Å²) in [5.41, 5.74) is 2.76. The molecule has 3 aromatic rings. The van der Waals surface area contributed by atoms with Gasteiger partial charge < -0.3 is 5.11 Å². The molecule has 0 saturated carbocycles. The van der Waals surface area contributed by atoms with Crippen molar-refractivity contribution in [3.63, 3.8) is 0 Å². The number of benzene rings is 1. The second-order valence-electron chi connectivity index (χ2n) is 4.28. The number of fused-ring (bicyclic) bond motifs is 3. The van der Waals surface area contributed by atoms with E-state index in [2.05, 4.69) is 16.3 Å². The highest BCUT2D eigenvalue weighted by Gasteiger charge is 2.11. The average molecular weight is 241 g/mol. The molecule has 0 saturated heterocycles. The Morgan fingerprint density at radius 3 is 2.89 bits per heavy atom. The first-order valence-corrected chi connectivity index (χ1v) is 5.60. The molecule has 0 unspecified atom stereocenters. The molecular weight excluding hydrogens is 230 g/mol. The van der Waals surface area contributed by atoms with Crippen LogP contribution < -0.4 is 0 Å². The predicted octanol–water partition coefficient (Wildman–Crippen LogP) is 1.82. The Morgan fingerprint density at radius 2 is 2.11 bits per heavy atom. The monoisotopic (exact) mass is 241 g/mol. The van der Waals surface area contributed by atoms with Crippen LogP contribution in [-0.2, 0) is 11.2 Å². The van der Waals surface area contributed by atoms with Gasteiger partial charge in [-0.3, -0.25) is 9.20 Å². The zero-order valence-electron chi connectivity index (χ0n) is 9.79. The smallest absolute Gasteiger partial charge is 0.311 e. The van der Waals surface area contributed by atoms with Crippen molar-refractivity contribution in [1.82, 2.24) is 14.6 Å². The van der Waals surface area contributed by atoms with Crippen molar-refractivity contribution in [2.45, 2.75) is 13.3 Å². The number of aliphatic carboxylic acids is 1. The van der Waals surface area contributed by atoms with E-state index in [-0.39, 0.29) is 6.42 Å². The number of hydrogen-bond donors (Lipinski definition) is 1. The van der Waals surface area contributed by atoms with E-state index < -0.39 is 5.97 Å². The van der Waals surface area contributed by atoms with E-state index in [0.717, 1.165) is 16.5 Å². The molecule has 90 valence electrons. The molecule has 2 aromatic heterocycles. The van der Waals surface area contributed by atoms with Gasteiger partial charge >= 0.3 is 5.97 Å². The van der Waals surface area contributed by atoms with Gasteiger partial charge in [-0.1, -0.05) is 11.6 Å². The van der Waals surface area contributed by atoms with E-state index in [0.29, 0.717) is 11.5 Å². The summed E-state index contributed by atoms with van der Waals surface area (Å²) in [6.07, 6.45) is -0.131.